The summed E-state index contributed by atoms with van der Waals surface area (Å²) < 4.78 is 0. The molecule has 1 amide bonds. The number of nitrogens with one attached hydrogen (secondary N) is 3. The van der Waals surface area contributed by atoms with Gasteiger partial charge < -0.3 is 10.6 Å². The zero-order valence-electron chi connectivity index (χ0n) is 9.00. The molecule has 1 aromatic rings. The van der Waals surface area contributed by atoms with Gasteiger partial charge in [-0.25, -0.2) is 0 Å². The fourth-order valence-electron chi connectivity index (χ4n) is 1.59. The SMILES string of the molecule is Cc1cn[nH]c1NC(=O)C(C)C1CNC1. The molecule has 5 nitrogen and oxygen atoms in total. The summed E-state index contributed by atoms with van der Waals surface area (Å²) in [5, 5.41) is 12.7. The zero-order chi connectivity index (χ0) is 10.8. The Kier molecular flexibility index (Phi) is 2.73. The van der Waals surface area contributed by atoms with Gasteiger partial charge in [-0.3, -0.25) is 9.89 Å². The van der Waals surface area contributed by atoms with Crippen LogP contribution >= 0.6 is 0 Å². The van der Waals surface area contributed by atoms with Crippen LogP contribution in [0.25, 0.3) is 0 Å². The second-order valence-corrected chi connectivity index (χ2v) is 4.12. The van der Waals surface area contributed by atoms with Gasteiger partial charge in [0.05, 0.1) is 6.20 Å². The topological polar surface area (TPSA) is 69.8 Å². The lowest BCUT2D eigenvalue weighted by atomic mass is 9.88. The minimum absolute atomic E-state index is 0.0500. The van der Waals surface area contributed by atoms with E-state index >= 15 is 0 Å². The Morgan fingerprint density at radius 3 is 2.87 bits per heavy atom. The number of nitrogens with zero attached hydrogens (tertiary/aromatic N) is 1. The van der Waals surface area contributed by atoms with Crippen LogP contribution in [0.2, 0.25) is 0 Å². The average molecular weight is 208 g/mol. The molecule has 2 heterocycles. The lowest BCUT2D eigenvalue weighted by Gasteiger charge is -2.31. The number of amides is 1. The smallest absolute Gasteiger partial charge is 0.228 e. The van der Waals surface area contributed by atoms with Crippen LogP contribution in [-0.4, -0.2) is 29.2 Å². The number of aromatic amines is 1. The summed E-state index contributed by atoms with van der Waals surface area (Å²) in [5.41, 5.74) is 0.960. The minimum atomic E-state index is 0.0500. The molecule has 1 atom stereocenters. The lowest BCUT2D eigenvalue weighted by molar-refractivity contribution is -0.121. The Morgan fingerprint density at radius 1 is 1.67 bits per heavy atom. The Bertz CT molecular complexity index is 356. The quantitative estimate of drug-likeness (QED) is 0.678. The highest BCUT2D eigenvalue weighted by Gasteiger charge is 2.28. The molecule has 1 saturated heterocycles. The van der Waals surface area contributed by atoms with Crippen LogP contribution < -0.4 is 10.6 Å². The maximum atomic E-state index is 11.8. The summed E-state index contributed by atoms with van der Waals surface area (Å²) in [6.07, 6.45) is 1.70. The highest BCUT2D eigenvalue weighted by molar-refractivity contribution is 5.92. The molecule has 1 fully saturated rings. The van der Waals surface area contributed by atoms with Crippen molar-refractivity contribution < 1.29 is 4.79 Å². The largest absolute Gasteiger partial charge is 0.316 e. The van der Waals surface area contributed by atoms with Crippen LogP contribution in [-0.2, 0) is 4.79 Å². The molecule has 0 spiro atoms. The van der Waals surface area contributed by atoms with Gasteiger partial charge in [-0.05, 0) is 25.9 Å². The van der Waals surface area contributed by atoms with Crippen molar-refractivity contribution in [2.24, 2.45) is 11.8 Å². The van der Waals surface area contributed by atoms with Gasteiger partial charge >= 0.3 is 0 Å². The summed E-state index contributed by atoms with van der Waals surface area (Å²) >= 11 is 0. The van der Waals surface area contributed by atoms with E-state index in [4.69, 9.17) is 0 Å². The molecular weight excluding hydrogens is 192 g/mol. The number of hydrogen-bond acceptors (Lipinski definition) is 3. The third-order valence-corrected chi connectivity index (χ3v) is 3.01. The fourth-order valence-corrected chi connectivity index (χ4v) is 1.59. The molecule has 0 bridgehead atoms. The van der Waals surface area contributed by atoms with Crippen molar-refractivity contribution >= 4 is 11.7 Å². The summed E-state index contributed by atoms with van der Waals surface area (Å²) in [6, 6.07) is 0. The van der Waals surface area contributed by atoms with E-state index in [0.29, 0.717) is 11.7 Å². The van der Waals surface area contributed by atoms with Gasteiger partial charge in [-0.1, -0.05) is 6.92 Å². The van der Waals surface area contributed by atoms with Gasteiger partial charge in [0.25, 0.3) is 0 Å². The van der Waals surface area contributed by atoms with Crippen LogP contribution in [0.15, 0.2) is 6.20 Å². The molecule has 0 aromatic carbocycles. The molecule has 2 rings (SSSR count). The van der Waals surface area contributed by atoms with Gasteiger partial charge in [0, 0.05) is 11.5 Å². The molecule has 15 heavy (non-hydrogen) atoms. The maximum Gasteiger partial charge on any atom is 0.228 e. The van der Waals surface area contributed by atoms with Crippen LogP contribution in [0, 0.1) is 18.8 Å². The van der Waals surface area contributed by atoms with E-state index in [1.54, 1.807) is 6.20 Å². The second-order valence-electron chi connectivity index (χ2n) is 4.12. The van der Waals surface area contributed by atoms with Crippen LogP contribution in [0.3, 0.4) is 0 Å². The number of aromatic nitrogens is 2. The molecule has 1 aromatic heterocycles. The number of hydrogen-bond donors (Lipinski definition) is 3. The highest BCUT2D eigenvalue weighted by atomic mass is 16.2. The van der Waals surface area contributed by atoms with E-state index in [1.165, 1.54) is 0 Å². The number of anilines is 1. The minimum Gasteiger partial charge on any atom is -0.316 e. The van der Waals surface area contributed by atoms with Crippen molar-refractivity contribution in [1.82, 2.24) is 15.5 Å². The molecule has 0 aliphatic carbocycles. The van der Waals surface area contributed by atoms with Crippen LogP contribution in [0.5, 0.6) is 0 Å². The molecular formula is C10H16N4O. The molecule has 3 N–H and O–H groups in total. The fraction of sp³-hybridized carbons (Fsp3) is 0.600. The highest BCUT2D eigenvalue weighted by Crippen LogP contribution is 2.18. The summed E-state index contributed by atoms with van der Waals surface area (Å²) in [4.78, 5) is 11.8. The van der Waals surface area contributed by atoms with Crippen molar-refractivity contribution in [3.8, 4) is 0 Å². The Hall–Kier alpha value is -1.36. The van der Waals surface area contributed by atoms with Crippen molar-refractivity contribution in [2.75, 3.05) is 18.4 Å². The van der Waals surface area contributed by atoms with Crippen LogP contribution in [0.1, 0.15) is 12.5 Å². The van der Waals surface area contributed by atoms with E-state index in [-0.39, 0.29) is 11.8 Å². The standard InChI is InChI=1S/C10H16N4O/c1-6-3-12-14-9(6)13-10(15)7(2)8-4-11-5-8/h3,7-8,11H,4-5H2,1-2H3,(H2,12,13,14,15). The van der Waals surface area contributed by atoms with Crippen LogP contribution in [0.4, 0.5) is 5.82 Å². The Balaban J connectivity index is 1.94. The first-order valence-corrected chi connectivity index (χ1v) is 5.20. The zero-order valence-corrected chi connectivity index (χ0v) is 9.00. The third kappa shape index (κ3) is 2.02. The van der Waals surface area contributed by atoms with Gasteiger partial charge in [-0.15, -0.1) is 0 Å². The third-order valence-electron chi connectivity index (χ3n) is 3.01. The number of rotatable bonds is 3. The molecule has 1 unspecified atom stereocenters. The van der Waals surface area contributed by atoms with Crippen molar-refractivity contribution in [2.45, 2.75) is 13.8 Å². The van der Waals surface area contributed by atoms with Crippen molar-refractivity contribution in [3.63, 3.8) is 0 Å². The Labute approximate surface area is 88.6 Å². The van der Waals surface area contributed by atoms with E-state index in [1.807, 2.05) is 13.8 Å². The van der Waals surface area contributed by atoms with Gasteiger partial charge in [0.2, 0.25) is 5.91 Å². The van der Waals surface area contributed by atoms with E-state index in [9.17, 15) is 4.79 Å². The van der Waals surface area contributed by atoms with E-state index in [0.717, 1.165) is 18.7 Å². The maximum absolute atomic E-state index is 11.8. The molecule has 82 valence electrons. The first-order valence-electron chi connectivity index (χ1n) is 5.20. The number of aryl methyl sites for hydroxylation is 1. The van der Waals surface area contributed by atoms with E-state index in [2.05, 4.69) is 20.8 Å². The number of carbonyl (C=O) groups excluding carboxylic acids is 1. The molecule has 0 radical (unpaired) electrons. The second kappa shape index (κ2) is 4.02. The normalized spacial score (nSPS) is 18.3. The van der Waals surface area contributed by atoms with Gasteiger partial charge in [0.15, 0.2) is 0 Å². The first-order chi connectivity index (χ1) is 7.18. The molecule has 0 saturated carbocycles. The summed E-state index contributed by atoms with van der Waals surface area (Å²) in [7, 11) is 0. The van der Waals surface area contributed by atoms with E-state index < -0.39 is 0 Å². The first kappa shape index (κ1) is 10.2. The van der Waals surface area contributed by atoms with Crippen molar-refractivity contribution in [3.05, 3.63) is 11.8 Å². The summed E-state index contributed by atoms with van der Waals surface area (Å²) in [6.45, 7) is 5.76. The average Bonchev–Trinajstić information content (AvgIpc) is 2.49. The van der Waals surface area contributed by atoms with Crippen molar-refractivity contribution in [1.29, 1.82) is 0 Å². The molecule has 5 heteroatoms. The Morgan fingerprint density at radius 2 is 2.40 bits per heavy atom. The number of H-pyrrole nitrogens is 1. The van der Waals surface area contributed by atoms with Gasteiger partial charge in [-0.2, -0.15) is 5.10 Å². The predicted molar refractivity (Wildman–Crippen MR) is 57.5 cm³/mol. The summed E-state index contributed by atoms with van der Waals surface area (Å²) in [5.74, 6) is 1.29. The monoisotopic (exact) mass is 208 g/mol. The van der Waals surface area contributed by atoms with Gasteiger partial charge in [0.1, 0.15) is 5.82 Å². The predicted octanol–water partition coefficient (Wildman–Crippen LogP) is 0.512. The lowest BCUT2D eigenvalue weighted by Crippen LogP contribution is -2.48. The number of carbonyl (C=O) groups is 1. The molecule has 1 aliphatic rings. The molecule has 1 aliphatic heterocycles.